The maximum absolute atomic E-state index is 12.1. The van der Waals surface area contributed by atoms with Gasteiger partial charge in [-0.25, -0.2) is 0 Å². The number of nitrogens with one attached hydrogen (secondary N) is 1. The van der Waals surface area contributed by atoms with Crippen molar-refractivity contribution in [2.45, 2.75) is 19.3 Å². The van der Waals surface area contributed by atoms with Crippen molar-refractivity contribution in [3.63, 3.8) is 0 Å². The van der Waals surface area contributed by atoms with E-state index in [0.717, 1.165) is 5.56 Å². The number of amides is 1. The number of benzene rings is 2. The molecule has 1 amide bonds. The molecule has 2 aromatic rings. The minimum Gasteiger partial charge on any atom is -0.497 e. The zero-order valence-electron chi connectivity index (χ0n) is 16.4. The number of hydrogen-bond donors (Lipinski definition) is 5. The van der Waals surface area contributed by atoms with Crippen molar-refractivity contribution in [1.82, 2.24) is 0 Å². The highest BCUT2D eigenvalue weighted by molar-refractivity contribution is 5.97. The van der Waals surface area contributed by atoms with Crippen LogP contribution in [0.4, 0.5) is 5.69 Å². The average molecular weight is 402 g/mol. The molecular formula is C21H26N2O6. The molecule has 29 heavy (non-hydrogen) atoms. The standard InChI is InChI=1S/C21H26N2O6/c1-28-16-6-5-14(19(9-16)23-21(27)18(22)12-26)4-3-13-7-15(10-24)17(11-25)20(8-13)29-2/h3-9,18,24-26H,10-12,22H2,1-2H3,(H,23,27). The highest BCUT2D eigenvalue weighted by Gasteiger charge is 2.14. The van der Waals surface area contributed by atoms with Crippen LogP contribution in [0.25, 0.3) is 12.2 Å². The zero-order chi connectivity index (χ0) is 21.4. The Morgan fingerprint density at radius 2 is 1.86 bits per heavy atom. The molecule has 0 aliphatic carbocycles. The number of methoxy groups -OCH3 is 2. The molecule has 0 aromatic heterocycles. The summed E-state index contributed by atoms with van der Waals surface area (Å²) < 4.78 is 10.5. The van der Waals surface area contributed by atoms with Gasteiger partial charge in [0, 0.05) is 11.6 Å². The first-order chi connectivity index (χ1) is 14.0. The summed E-state index contributed by atoms with van der Waals surface area (Å²) in [6, 6.07) is 7.60. The van der Waals surface area contributed by atoms with Crippen LogP contribution >= 0.6 is 0 Å². The first-order valence-electron chi connectivity index (χ1n) is 8.92. The maximum atomic E-state index is 12.1. The summed E-state index contributed by atoms with van der Waals surface area (Å²) in [5.74, 6) is 0.495. The lowest BCUT2D eigenvalue weighted by molar-refractivity contribution is -0.118. The molecule has 0 bridgehead atoms. The van der Waals surface area contributed by atoms with Gasteiger partial charge in [0.05, 0.1) is 39.7 Å². The van der Waals surface area contributed by atoms with Crippen LogP contribution in [-0.2, 0) is 18.0 Å². The number of ether oxygens (including phenoxy) is 2. The minimum atomic E-state index is -1.04. The molecule has 2 rings (SSSR count). The second-order valence-electron chi connectivity index (χ2n) is 6.24. The van der Waals surface area contributed by atoms with E-state index in [2.05, 4.69) is 5.32 Å². The molecule has 0 aliphatic heterocycles. The van der Waals surface area contributed by atoms with Gasteiger partial charge in [-0.1, -0.05) is 12.2 Å². The molecule has 0 radical (unpaired) electrons. The summed E-state index contributed by atoms with van der Waals surface area (Å²) in [7, 11) is 3.01. The first kappa shape index (κ1) is 22.4. The van der Waals surface area contributed by atoms with Crippen LogP contribution in [0.2, 0.25) is 0 Å². The molecule has 156 valence electrons. The molecule has 6 N–H and O–H groups in total. The Hall–Kier alpha value is -2.91. The maximum Gasteiger partial charge on any atom is 0.243 e. The van der Waals surface area contributed by atoms with Crippen LogP contribution in [0.3, 0.4) is 0 Å². The Bertz CT molecular complexity index is 856. The van der Waals surface area contributed by atoms with Gasteiger partial charge in [0.2, 0.25) is 5.91 Å². The van der Waals surface area contributed by atoms with Crippen LogP contribution in [0.15, 0.2) is 30.3 Å². The van der Waals surface area contributed by atoms with Crippen LogP contribution < -0.4 is 20.5 Å². The topological polar surface area (TPSA) is 134 Å². The van der Waals surface area contributed by atoms with E-state index in [1.165, 1.54) is 14.2 Å². The van der Waals surface area contributed by atoms with E-state index >= 15 is 0 Å². The van der Waals surface area contributed by atoms with Crippen molar-refractivity contribution >= 4 is 23.7 Å². The lowest BCUT2D eigenvalue weighted by atomic mass is 10.0. The van der Waals surface area contributed by atoms with Crippen molar-refractivity contribution in [2.24, 2.45) is 5.73 Å². The van der Waals surface area contributed by atoms with Crippen LogP contribution in [-0.4, -0.2) is 48.1 Å². The van der Waals surface area contributed by atoms with Gasteiger partial charge < -0.3 is 35.8 Å². The Morgan fingerprint density at radius 3 is 2.45 bits per heavy atom. The number of carbonyl (C=O) groups is 1. The third-order valence-corrected chi connectivity index (χ3v) is 4.38. The number of carbonyl (C=O) groups excluding carboxylic acids is 1. The summed E-state index contributed by atoms with van der Waals surface area (Å²) in [6.07, 6.45) is 3.56. The predicted octanol–water partition coefficient (Wildman–Crippen LogP) is 1.12. The Labute approximate surface area is 169 Å². The number of anilines is 1. The van der Waals surface area contributed by atoms with Crippen LogP contribution in [0.5, 0.6) is 11.5 Å². The van der Waals surface area contributed by atoms with E-state index in [4.69, 9.17) is 20.3 Å². The molecule has 0 spiro atoms. The summed E-state index contributed by atoms with van der Waals surface area (Å²) in [4.78, 5) is 12.1. The number of nitrogens with two attached hydrogens (primary N) is 1. The molecule has 1 atom stereocenters. The number of rotatable bonds is 9. The second-order valence-corrected chi connectivity index (χ2v) is 6.24. The quantitative estimate of drug-likeness (QED) is 0.397. The van der Waals surface area contributed by atoms with Crippen LogP contribution in [0.1, 0.15) is 22.3 Å². The predicted molar refractivity (Wildman–Crippen MR) is 110 cm³/mol. The first-order valence-corrected chi connectivity index (χ1v) is 8.92. The van der Waals surface area contributed by atoms with Crippen molar-refractivity contribution in [1.29, 1.82) is 0 Å². The average Bonchev–Trinajstić information content (AvgIpc) is 2.76. The van der Waals surface area contributed by atoms with E-state index < -0.39 is 18.6 Å². The smallest absolute Gasteiger partial charge is 0.243 e. The SMILES string of the molecule is COc1ccc(C=Cc2cc(CO)c(CO)c(OC)c2)c(NC(=O)C(N)CO)c1. The van der Waals surface area contributed by atoms with E-state index in [0.29, 0.717) is 33.9 Å². The van der Waals surface area contributed by atoms with Gasteiger partial charge in [0.25, 0.3) is 0 Å². The number of aliphatic hydroxyl groups is 3. The van der Waals surface area contributed by atoms with E-state index in [-0.39, 0.29) is 13.2 Å². The van der Waals surface area contributed by atoms with Gasteiger partial charge in [-0.05, 0) is 41.0 Å². The summed E-state index contributed by atoms with van der Waals surface area (Å²) in [6.45, 7) is -0.957. The van der Waals surface area contributed by atoms with E-state index in [1.54, 1.807) is 42.5 Å². The lowest BCUT2D eigenvalue weighted by Gasteiger charge is -2.14. The molecule has 0 heterocycles. The molecule has 0 aliphatic rings. The summed E-state index contributed by atoms with van der Waals surface area (Å²) >= 11 is 0. The Kier molecular flexibility index (Phi) is 8.17. The monoisotopic (exact) mass is 402 g/mol. The second kappa shape index (κ2) is 10.6. The molecule has 0 fully saturated rings. The van der Waals surface area contributed by atoms with Gasteiger partial charge in [-0.15, -0.1) is 0 Å². The molecular weight excluding hydrogens is 376 g/mol. The number of hydrogen-bond acceptors (Lipinski definition) is 7. The highest BCUT2D eigenvalue weighted by atomic mass is 16.5. The molecule has 0 saturated heterocycles. The van der Waals surface area contributed by atoms with E-state index in [9.17, 15) is 15.0 Å². The van der Waals surface area contributed by atoms with Crippen molar-refractivity contribution in [2.75, 3.05) is 26.1 Å². The third kappa shape index (κ3) is 5.55. The normalized spacial score (nSPS) is 12.1. The molecule has 1 unspecified atom stereocenters. The highest BCUT2D eigenvalue weighted by Crippen LogP contribution is 2.28. The minimum absolute atomic E-state index is 0.239. The van der Waals surface area contributed by atoms with Gasteiger partial charge in [-0.3, -0.25) is 4.79 Å². The van der Waals surface area contributed by atoms with Crippen molar-refractivity contribution in [3.05, 3.63) is 52.6 Å². The van der Waals surface area contributed by atoms with Gasteiger partial charge in [0.1, 0.15) is 17.5 Å². The Morgan fingerprint density at radius 1 is 1.10 bits per heavy atom. The largest absolute Gasteiger partial charge is 0.497 e. The fraction of sp³-hybridized carbons (Fsp3) is 0.286. The third-order valence-electron chi connectivity index (χ3n) is 4.38. The Balaban J connectivity index is 2.40. The lowest BCUT2D eigenvalue weighted by Crippen LogP contribution is -2.38. The molecule has 0 saturated carbocycles. The van der Waals surface area contributed by atoms with Crippen molar-refractivity contribution < 1.29 is 29.6 Å². The van der Waals surface area contributed by atoms with Gasteiger partial charge in [0.15, 0.2) is 0 Å². The zero-order valence-corrected chi connectivity index (χ0v) is 16.4. The number of aliphatic hydroxyl groups excluding tert-OH is 3. The van der Waals surface area contributed by atoms with Gasteiger partial charge >= 0.3 is 0 Å². The van der Waals surface area contributed by atoms with Crippen molar-refractivity contribution in [3.8, 4) is 11.5 Å². The fourth-order valence-electron chi connectivity index (χ4n) is 2.74. The fourth-order valence-corrected chi connectivity index (χ4v) is 2.74. The summed E-state index contributed by atoms with van der Waals surface area (Å²) in [5.41, 5.74) is 8.55. The molecule has 8 heteroatoms. The molecule has 8 nitrogen and oxygen atoms in total. The van der Waals surface area contributed by atoms with E-state index in [1.807, 2.05) is 0 Å². The van der Waals surface area contributed by atoms with Gasteiger partial charge in [-0.2, -0.15) is 0 Å². The summed E-state index contributed by atoms with van der Waals surface area (Å²) in [5, 5.41) is 30.8. The van der Waals surface area contributed by atoms with Crippen LogP contribution in [0, 0.1) is 0 Å². The molecule has 2 aromatic carbocycles.